The molecule has 3 rings (SSSR count). The second-order valence-corrected chi connectivity index (χ2v) is 7.07. The predicted octanol–water partition coefficient (Wildman–Crippen LogP) is 4.86. The minimum absolute atomic E-state index is 0.200. The van der Waals surface area contributed by atoms with E-state index in [0.29, 0.717) is 18.2 Å². The number of halogens is 3. The molecular formula is C20H23F3N4. The van der Waals surface area contributed by atoms with Crippen LogP contribution in [0.5, 0.6) is 0 Å². The van der Waals surface area contributed by atoms with Crippen molar-refractivity contribution < 1.29 is 13.2 Å². The van der Waals surface area contributed by atoms with Gasteiger partial charge in [0.2, 0.25) is 0 Å². The lowest BCUT2D eigenvalue weighted by atomic mass is 9.84. The molecule has 1 fully saturated rings. The summed E-state index contributed by atoms with van der Waals surface area (Å²) in [6.07, 6.45) is 5.05. The molecule has 1 aromatic carbocycles. The molecule has 1 aromatic heterocycles. The quantitative estimate of drug-likeness (QED) is 0.749. The third-order valence-electron chi connectivity index (χ3n) is 5.33. The number of nitriles is 1. The van der Waals surface area contributed by atoms with Crippen molar-refractivity contribution in [2.45, 2.75) is 51.4 Å². The molecule has 1 aliphatic rings. The van der Waals surface area contributed by atoms with E-state index in [-0.39, 0.29) is 11.6 Å². The summed E-state index contributed by atoms with van der Waals surface area (Å²) >= 11 is 0. The highest BCUT2D eigenvalue weighted by molar-refractivity contribution is 5.55. The lowest BCUT2D eigenvalue weighted by Gasteiger charge is -2.39. The van der Waals surface area contributed by atoms with Crippen LogP contribution in [0, 0.1) is 17.2 Å². The second-order valence-electron chi connectivity index (χ2n) is 7.07. The third kappa shape index (κ3) is 4.44. The second kappa shape index (κ2) is 8.03. The summed E-state index contributed by atoms with van der Waals surface area (Å²) in [6, 6.07) is 5.90. The Kier molecular flexibility index (Phi) is 5.73. The largest absolute Gasteiger partial charge is 0.417 e. The van der Waals surface area contributed by atoms with E-state index in [4.69, 9.17) is 5.26 Å². The molecular weight excluding hydrogens is 353 g/mol. The van der Waals surface area contributed by atoms with Gasteiger partial charge in [0.1, 0.15) is 0 Å². The Morgan fingerprint density at radius 2 is 2.15 bits per heavy atom. The minimum atomic E-state index is -4.53. The van der Waals surface area contributed by atoms with Gasteiger partial charge in [-0.3, -0.25) is 0 Å². The van der Waals surface area contributed by atoms with Gasteiger partial charge in [-0.2, -0.15) is 18.4 Å². The molecule has 144 valence electrons. The van der Waals surface area contributed by atoms with Gasteiger partial charge in [-0.15, -0.1) is 0 Å². The van der Waals surface area contributed by atoms with Crippen molar-refractivity contribution in [1.29, 1.82) is 5.26 Å². The first-order valence-corrected chi connectivity index (χ1v) is 9.26. The maximum atomic E-state index is 13.3. The Bertz CT molecular complexity index is 793. The highest BCUT2D eigenvalue weighted by Crippen LogP contribution is 2.37. The van der Waals surface area contributed by atoms with Crippen LogP contribution in [0.1, 0.15) is 43.7 Å². The number of nitrogens with zero attached hydrogens (tertiary/aromatic N) is 4. The fourth-order valence-corrected chi connectivity index (χ4v) is 4.10. The zero-order valence-corrected chi connectivity index (χ0v) is 15.3. The van der Waals surface area contributed by atoms with E-state index >= 15 is 0 Å². The summed E-state index contributed by atoms with van der Waals surface area (Å²) in [7, 11) is 0. The highest BCUT2D eigenvalue weighted by Gasteiger charge is 2.35. The van der Waals surface area contributed by atoms with Crippen LogP contribution in [0.15, 0.2) is 36.9 Å². The van der Waals surface area contributed by atoms with Crippen LogP contribution in [0.3, 0.4) is 0 Å². The predicted molar refractivity (Wildman–Crippen MR) is 97.2 cm³/mol. The molecule has 4 nitrogen and oxygen atoms in total. The molecule has 2 aromatic rings. The highest BCUT2D eigenvalue weighted by atomic mass is 19.4. The van der Waals surface area contributed by atoms with Crippen LogP contribution in [0.4, 0.5) is 18.9 Å². The molecule has 7 heteroatoms. The standard InChI is InChI=1S/C20H23F3N4/c1-2-27(18-7-6-16(12-24)19(11-18)20(21,22)23)17-5-3-4-15(10-17)13-26-9-8-25-14-26/h6-9,11,14-15,17H,2-5,10,13H2,1H3. The summed E-state index contributed by atoms with van der Waals surface area (Å²) in [6.45, 7) is 3.48. The van der Waals surface area contributed by atoms with E-state index in [1.807, 2.05) is 13.1 Å². The van der Waals surface area contributed by atoms with Crippen molar-refractivity contribution in [3.8, 4) is 6.07 Å². The Labute approximate surface area is 157 Å². The lowest BCUT2D eigenvalue weighted by Crippen LogP contribution is -2.39. The zero-order chi connectivity index (χ0) is 19.4. The maximum Gasteiger partial charge on any atom is 0.417 e. The van der Waals surface area contributed by atoms with Crippen molar-refractivity contribution in [3.05, 3.63) is 48.0 Å². The SMILES string of the molecule is CCN(c1ccc(C#N)c(C(F)(F)F)c1)C1CCCC(Cn2ccnc2)C1. The number of rotatable bonds is 5. The summed E-state index contributed by atoms with van der Waals surface area (Å²) < 4.78 is 42.0. The van der Waals surface area contributed by atoms with Crippen LogP contribution in [-0.4, -0.2) is 22.1 Å². The maximum absolute atomic E-state index is 13.3. The van der Waals surface area contributed by atoms with Crippen LogP contribution in [0.25, 0.3) is 0 Å². The van der Waals surface area contributed by atoms with Crippen LogP contribution < -0.4 is 4.90 Å². The van der Waals surface area contributed by atoms with Gasteiger partial charge in [0.05, 0.1) is 23.5 Å². The molecule has 1 heterocycles. The summed E-state index contributed by atoms with van der Waals surface area (Å²) in [5, 5.41) is 9.00. The average Bonchev–Trinajstić information content (AvgIpc) is 3.15. The fraction of sp³-hybridized carbons (Fsp3) is 0.500. The monoisotopic (exact) mass is 376 g/mol. The Morgan fingerprint density at radius 1 is 1.33 bits per heavy atom. The Balaban J connectivity index is 1.81. The van der Waals surface area contributed by atoms with E-state index in [1.54, 1.807) is 24.7 Å². The van der Waals surface area contributed by atoms with Crippen molar-refractivity contribution in [2.75, 3.05) is 11.4 Å². The van der Waals surface area contributed by atoms with Gasteiger partial charge >= 0.3 is 6.18 Å². The molecule has 2 unspecified atom stereocenters. The lowest BCUT2D eigenvalue weighted by molar-refractivity contribution is -0.137. The minimum Gasteiger partial charge on any atom is -0.369 e. The van der Waals surface area contributed by atoms with Crippen molar-refractivity contribution >= 4 is 5.69 Å². The number of anilines is 1. The topological polar surface area (TPSA) is 44.9 Å². The fourth-order valence-electron chi connectivity index (χ4n) is 4.10. The molecule has 27 heavy (non-hydrogen) atoms. The number of hydrogen-bond donors (Lipinski definition) is 0. The van der Waals surface area contributed by atoms with Gasteiger partial charge in [-0.1, -0.05) is 6.42 Å². The molecule has 0 N–H and O–H groups in total. The number of alkyl halides is 3. The van der Waals surface area contributed by atoms with E-state index in [2.05, 4.69) is 14.5 Å². The molecule has 0 radical (unpaired) electrons. The average molecular weight is 376 g/mol. The molecule has 2 atom stereocenters. The van der Waals surface area contributed by atoms with Gasteiger partial charge < -0.3 is 9.47 Å². The molecule has 1 saturated carbocycles. The van der Waals surface area contributed by atoms with E-state index < -0.39 is 11.7 Å². The first kappa shape index (κ1) is 19.3. The third-order valence-corrected chi connectivity index (χ3v) is 5.33. The Hall–Kier alpha value is -2.49. The zero-order valence-electron chi connectivity index (χ0n) is 15.3. The first-order chi connectivity index (χ1) is 12.9. The smallest absolute Gasteiger partial charge is 0.369 e. The molecule has 1 aliphatic carbocycles. The molecule has 0 spiro atoms. The first-order valence-electron chi connectivity index (χ1n) is 9.26. The number of aromatic nitrogens is 2. The van der Waals surface area contributed by atoms with E-state index in [1.165, 1.54) is 6.07 Å². The van der Waals surface area contributed by atoms with E-state index in [9.17, 15) is 13.2 Å². The van der Waals surface area contributed by atoms with Gasteiger partial charge in [0, 0.05) is 37.2 Å². The van der Waals surface area contributed by atoms with Crippen molar-refractivity contribution in [2.24, 2.45) is 5.92 Å². The Morgan fingerprint density at radius 3 is 2.78 bits per heavy atom. The van der Waals surface area contributed by atoms with Gasteiger partial charge in [-0.25, -0.2) is 4.98 Å². The van der Waals surface area contributed by atoms with Crippen molar-refractivity contribution in [3.63, 3.8) is 0 Å². The summed E-state index contributed by atoms with van der Waals surface area (Å²) in [4.78, 5) is 6.13. The number of imidazole rings is 1. The molecule has 0 bridgehead atoms. The number of hydrogen-bond acceptors (Lipinski definition) is 3. The van der Waals surface area contributed by atoms with Crippen LogP contribution in [-0.2, 0) is 12.7 Å². The molecule has 0 amide bonds. The van der Waals surface area contributed by atoms with Gasteiger partial charge in [0.25, 0.3) is 0 Å². The molecule has 0 saturated heterocycles. The summed E-state index contributed by atoms with van der Waals surface area (Å²) in [5.41, 5.74) is -0.646. The van der Waals surface area contributed by atoms with Gasteiger partial charge in [-0.05, 0) is 50.3 Å². The number of benzene rings is 1. The van der Waals surface area contributed by atoms with E-state index in [0.717, 1.165) is 38.3 Å². The van der Waals surface area contributed by atoms with Crippen LogP contribution in [0.2, 0.25) is 0 Å². The van der Waals surface area contributed by atoms with Crippen molar-refractivity contribution in [1.82, 2.24) is 9.55 Å². The summed E-state index contributed by atoms with van der Waals surface area (Å²) in [5.74, 6) is 0.479. The normalized spacial score (nSPS) is 20.3. The molecule has 0 aliphatic heterocycles. The van der Waals surface area contributed by atoms with Gasteiger partial charge in [0.15, 0.2) is 0 Å². The van der Waals surface area contributed by atoms with Crippen LogP contribution >= 0.6 is 0 Å².